The van der Waals surface area contributed by atoms with E-state index in [-0.39, 0.29) is 16.5 Å². The number of ether oxygens (including phenoxy) is 1. The first-order valence-electron chi connectivity index (χ1n) is 7.66. The summed E-state index contributed by atoms with van der Waals surface area (Å²) in [6, 6.07) is 15.4. The average Bonchev–Trinajstić information content (AvgIpc) is 3.12. The van der Waals surface area contributed by atoms with Gasteiger partial charge in [-0.1, -0.05) is 28.1 Å². The van der Waals surface area contributed by atoms with Crippen molar-refractivity contribution in [1.29, 1.82) is 0 Å². The number of rotatable bonds is 5. The highest BCUT2D eigenvalue weighted by Crippen LogP contribution is 2.31. The van der Waals surface area contributed by atoms with E-state index in [4.69, 9.17) is 9.88 Å². The second-order valence-electron chi connectivity index (χ2n) is 5.53. The highest BCUT2D eigenvalue weighted by molar-refractivity contribution is 9.10. The Bertz CT molecular complexity index is 1090. The first-order chi connectivity index (χ1) is 12.8. The standard InChI is InChI=1S/C18H15BrN2O4S2/c1-25-15-7-6-13(27(20,23)24)10-14(15)21-18(22)17-9-8-16(26-17)11-2-4-12(19)5-3-11/h2-10H,1H3,(H,21,22)(H2,20,23,24). The fourth-order valence-electron chi connectivity index (χ4n) is 2.37. The number of halogens is 1. The number of hydrogen-bond donors (Lipinski definition) is 2. The van der Waals surface area contributed by atoms with Gasteiger partial charge in [-0.25, -0.2) is 13.6 Å². The number of nitrogens with one attached hydrogen (secondary N) is 1. The molecule has 0 bridgehead atoms. The van der Waals surface area contributed by atoms with Gasteiger partial charge in [0.2, 0.25) is 10.0 Å². The number of benzene rings is 2. The van der Waals surface area contributed by atoms with E-state index >= 15 is 0 Å². The lowest BCUT2D eigenvalue weighted by atomic mass is 10.2. The van der Waals surface area contributed by atoms with Crippen LogP contribution in [0.1, 0.15) is 9.67 Å². The predicted molar refractivity (Wildman–Crippen MR) is 110 cm³/mol. The van der Waals surface area contributed by atoms with E-state index in [0.29, 0.717) is 10.6 Å². The van der Waals surface area contributed by atoms with Crippen LogP contribution in [-0.4, -0.2) is 21.4 Å². The molecule has 3 aromatic rings. The smallest absolute Gasteiger partial charge is 0.265 e. The Morgan fingerprint density at radius 1 is 1.11 bits per heavy atom. The lowest BCUT2D eigenvalue weighted by Crippen LogP contribution is -2.15. The van der Waals surface area contributed by atoms with Gasteiger partial charge in [-0.3, -0.25) is 4.79 Å². The van der Waals surface area contributed by atoms with E-state index < -0.39 is 10.0 Å². The second-order valence-corrected chi connectivity index (χ2v) is 9.09. The molecule has 0 aliphatic carbocycles. The predicted octanol–water partition coefficient (Wildman–Crippen LogP) is 4.09. The molecular formula is C18H15BrN2O4S2. The van der Waals surface area contributed by atoms with Gasteiger partial charge in [0.1, 0.15) is 5.75 Å². The van der Waals surface area contributed by atoms with Crippen molar-refractivity contribution in [2.75, 3.05) is 12.4 Å². The summed E-state index contributed by atoms with van der Waals surface area (Å²) in [5, 5.41) is 7.84. The molecule has 0 aliphatic rings. The second kappa shape index (κ2) is 7.81. The van der Waals surface area contributed by atoms with E-state index in [0.717, 1.165) is 14.9 Å². The van der Waals surface area contributed by atoms with Crippen LogP contribution in [0.25, 0.3) is 10.4 Å². The molecule has 3 N–H and O–H groups in total. The summed E-state index contributed by atoms with van der Waals surface area (Å²) in [5.74, 6) is -0.0336. The number of methoxy groups -OCH3 is 1. The molecule has 1 aromatic heterocycles. The van der Waals surface area contributed by atoms with Crippen LogP contribution in [0, 0.1) is 0 Å². The molecule has 0 radical (unpaired) electrons. The van der Waals surface area contributed by atoms with Gasteiger partial charge >= 0.3 is 0 Å². The monoisotopic (exact) mass is 466 g/mol. The molecule has 0 saturated carbocycles. The van der Waals surface area contributed by atoms with Crippen LogP contribution in [0.15, 0.2) is 64.0 Å². The Morgan fingerprint density at radius 3 is 2.44 bits per heavy atom. The number of primary sulfonamides is 1. The van der Waals surface area contributed by atoms with Crippen molar-refractivity contribution in [3.8, 4) is 16.2 Å². The van der Waals surface area contributed by atoms with Crippen LogP contribution < -0.4 is 15.2 Å². The first-order valence-corrected chi connectivity index (χ1v) is 10.8. The van der Waals surface area contributed by atoms with E-state index in [9.17, 15) is 13.2 Å². The van der Waals surface area contributed by atoms with Crippen molar-refractivity contribution in [3.63, 3.8) is 0 Å². The van der Waals surface area contributed by atoms with Crippen LogP contribution in [0.3, 0.4) is 0 Å². The van der Waals surface area contributed by atoms with Crippen LogP contribution >= 0.6 is 27.3 Å². The van der Waals surface area contributed by atoms with Gasteiger partial charge in [0.05, 0.1) is 22.6 Å². The Labute approximate surface area is 169 Å². The zero-order chi connectivity index (χ0) is 19.6. The quantitative estimate of drug-likeness (QED) is 0.591. The third-order valence-corrected chi connectivity index (χ3v) is 6.28. The minimum absolute atomic E-state index is 0.111. The van der Waals surface area contributed by atoms with E-state index in [1.165, 1.54) is 36.6 Å². The lowest BCUT2D eigenvalue weighted by molar-refractivity contribution is 0.103. The maximum Gasteiger partial charge on any atom is 0.265 e. The summed E-state index contributed by atoms with van der Waals surface area (Å²) in [6.07, 6.45) is 0. The molecule has 0 saturated heterocycles. The van der Waals surface area contributed by atoms with Crippen molar-refractivity contribution in [1.82, 2.24) is 0 Å². The Balaban J connectivity index is 1.86. The summed E-state index contributed by atoms with van der Waals surface area (Å²) in [6.45, 7) is 0. The van der Waals surface area contributed by atoms with Crippen molar-refractivity contribution in [3.05, 3.63) is 63.9 Å². The number of carbonyl (C=O) groups excluding carboxylic acids is 1. The molecule has 0 atom stereocenters. The average molecular weight is 467 g/mol. The van der Waals surface area contributed by atoms with Gasteiger partial charge < -0.3 is 10.1 Å². The maximum absolute atomic E-state index is 12.6. The summed E-state index contributed by atoms with van der Waals surface area (Å²) in [7, 11) is -2.47. The molecule has 0 aliphatic heterocycles. The summed E-state index contributed by atoms with van der Waals surface area (Å²) in [4.78, 5) is 13.9. The fraction of sp³-hybridized carbons (Fsp3) is 0.0556. The van der Waals surface area contributed by atoms with Crippen LogP contribution in [-0.2, 0) is 10.0 Å². The van der Waals surface area contributed by atoms with Crippen LogP contribution in [0.4, 0.5) is 5.69 Å². The molecular weight excluding hydrogens is 452 g/mol. The number of hydrogen-bond acceptors (Lipinski definition) is 5. The van der Waals surface area contributed by atoms with Gasteiger partial charge in [-0.15, -0.1) is 11.3 Å². The van der Waals surface area contributed by atoms with E-state index in [1.807, 2.05) is 30.3 Å². The largest absolute Gasteiger partial charge is 0.495 e. The minimum atomic E-state index is -3.89. The molecule has 0 spiro atoms. The van der Waals surface area contributed by atoms with Gasteiger partial charge in [-0.2, -0.15) is 0 Å². The normalized spacial score (nSPS) is 11.2. The zero-order valence-electron chi connectivity index (χ0n) is 14.1. The molecule has 1 heterocycles. The Hall–Kier alpha value is -2.20. The molecule has 9 heteroatoms. The summed E-state index contributed by atoms with van der Waals surface area (Å²) in [5.41, 5.74) is 1.23. The number of thiophene rings is 1. The molecule has 0 fully saturated rings. The third-order valence-electron chi connectivity index (χ3n) is 3.71. The highest BCUT2D eigenvalue weighted by Gasteiger charge is 2.16. The van der Waals surface area contributed by atoms with Crippen molar-refractivity contribution >= 4 is 48.9 Å². The molecule has 0 unspecified atom stereocenters. The molecule has 6 nitrogen and oxygen atoms in total. The Kier molecular flexibility index (Phi) is 5.66. The van der Waals surface area contributed by atoms with Gasteiger partial charge in [0, 0.05) is 9.35 Å². The minimum Gasteiger partial charge on any atom is -0.495 e. The van der Waals surface area contributed by atoms with Crippen molar-refractivity contribution in [2.45, 2.75) is 4.90 Å². The van der Waals surface area contributed by atoms with E-state index in [1.54, 1.807) is 6.07 Å². The van der Waals surface area contributed by atoms with Crippen molar-refractivity contribution in [2.24, 2.45) is 5.14 Å². The SMILES string of the molecule is COc1ccc(S(N)(=O)=O)cc1NC(=O)c1ccc(-c2ccc(Br)cc2)s1. The van der Waals surface area contributed by atoms with Gasteiger partial charge in [-0.05, 0) is 48.0 Å². The summed E-state index contributed by atoms with van der Waals surface area (Å²) >= 11 is 4.72. The van der Waals surface area contributed by atoms with Crippen LogP contribution in [0.2, 0.25) is 0 Å². The maximum atomic E-state index is 12.6. The number of sulfonamides is 1. The molecule has 140 valence electrons. The first kappa shape index (κ1) is 19.6. The molecule has 2 aromatic carbocycles. The summed E-state index contributed by atoms with van der Waals surface area (Å²) < 4.78 is 29.3. The van der Waals surface area contributed by atoms with Crippen molar-refractivity contribution < 1.29 is 17.9 Å². The number of amides is 1. The third kappa shape index (κ3) is 4.56. The zero-order valence-corrected chi connectivity index (χ0v) is 17.3. The Morgan fingerprint density at radius 2 is 1.81 bits per heavy atom. The number of nitrogens with two attached hydrogens (primary N) is 1. The van der Waals surface area contributed by atoms with Gasteiger partial charge in [0.15, 0.2) is 0 Å². The lowest BCUT2D eigenvalue weighted by Gasteiger charge is -2.11. The molecule has 3 rings (SSSR count). The molecule has 27 heavy (non-hydrogen) atoms. The van der Waals surface area contributed by atoms with E-state index in [2.05, 4.69) is 21.2 Å². The topological polar surface area (TPSA) is 98.5 Å². The van der Waals surface area contributed by atoms with Crippen LogP contribution in [0.5, 0.6) is 5.75 Å². The number of carbonyl (C=O) groups is 1. The van der Waals surface area contributed by atoms with Gasteiger partial charge in [0.25, 0.3) is 5.91 Å². The highest BCUT2D eigenvalue weighted by atomic mass is 79.9. The number of anilines is 1. The molecule has 1 amide bonds. The fourth-order valence-corrected chi connectivity index (χ4v) is 4.09.